The molecule has 0 aliphatic heterocycles. The maximum Gasteiger partial charge on any atom is 0.234 e. The normalized spacial score (nSPS) is 10.2. The summed E-state index contributed by atoms with van der Waals surface area (Å²) in [6, 6.07) is 15.0. The van der Waals surface area contributed by atoms with E-state index >= 15 is 0 Å². The van der Waals surface area contributed by atoms with Crippen LogP contribution in [0.5, 0.6) is 0 Å². The molecule has 2 aromatic carbocycles. The Morgan fingerprint density at radius 1 is 1.21 bits per heavy atom. The first kappa shape index (κ1) is 14.0. The fourth-order valence-electron chi connectivity index (χ4n) is 1.47. The Kier molecular flexibility index (Phi) is 4.87. The van der Waals surface area contributed by atoms with Crippen molar-refractivity contribution in [2.45, 2.75) is 4.90 Å². The summed E-state index contributed by atoms with van der Waals surface area (Å²) in [5, 5.41) is 2.83. The lowest BCUT2D eigenvalue weighted by molar-refractivity contribution is -0.113. The van der Waals surface area contributed by atoms with Crippen LogP contribution in [-0.4, -0.2) is 11.7 Å². The predicted octanol–water partition coefficient (Wildman–Crippen LogP) is 3.76. The molecule has 1 amide bonds. The van der Waals surface area contributed by atoms with E-state index in [0.29, 0.717) is 11.4 Å². The van der Waals surface area contributed by atoms with E-state index in [4.69, 9.17) is 5.73 Å². The topological polar surface area (TPSA) is 55.1 Å². The largest absolute Gasteiger partial charge is 0.399 e. The molecule has 0 radical (unpaired) electrons. The summed E-state index contributed by atoms with van der Waals surface area (Å²) in [4.78, 5) is 12.8. The van der Waals surface area contributed by atoms with Crippen LogP contribution in [0.1, 0.15) is 0 Å². The number of thioether (sulfide) groups is 1. The smallest absolute Gasteiger partial charge is 0.234 e. The molecule has 98 valence electrons. The molecule has 3 N–H and O–H groups in total. The molecule has 2 aromatic rings. The molecule has 0 bridgehead atoms. The molecule has 0 aliphatic rings. The summed E-state index contributed by atoms with van der Waals surface area (Å²) in [6.45, 7) is 0. The molecule has 0 atom stereocenters. The number of nitrogens with two attached hydrogens (primary N) is 1. The highest BCUT2D eigenvalue weighted by Crippen LogP contribution is 2.22. The van der Waals surface area contributed by atoms with E-state index in [0.717, 1.165) is 15.1 Å². The number of halogens is 1. The van der Waals surface area contributed by atoms with Crippen LogP contribution in [0.2, 0.25) is 0 Å². The second-order valence-corrected chi connectivity index (χ2v) is 5.88. The summed E-state index contributed by atoms with van der Waals surface area (Å²) >= 11 is 4.90. The van der Waals surface area contributed by atoms with E-state index in [2.05, 4.69) is 21.2 Å². The van der Waals surface area contributed by atoms with E-state index in [1.165, 1.54) is 11.8 Å². The Bertz CT molecular complexity index is 572. The van der Waals surface area contributed by atoms with Crippen LogP contribution in [0.25, 0.3) is 0 Å². The molecule has 5 heteroatoms. The first-order valence-corrected chi connectivity index (χ1v) is 7.45. The Hall–Kier alpha value is -1.46. The number of hydrogen-bond donors (Lipinski definition) is 2. The summed E-state index contributed by atoms with van der Waals surface area (Å²) in [7, 11) is 0. The van der Waals surface area contributed by atoms with Crippen molar-refractivity contribution in [1.29, 1.82) is 0 Å². The molecular formula is C14H13BrN2OS. The summed E-state index contributed by atoms with van der Waals surface area (Å²) in [5.74, 6) is 0.343. The first-order valence-electron chi connectivity index (χ1n) is 5.67. The number of carbonyl (C=O) groups excluding carboxylic acids is 1. The van der Waals surface area contributed by atoms with Crippen molar-refractivity contribution in [3.8, 4) is 0 Å². The third-order valence-corrected chi connectivity index (χ3v) is 3.85. The van der Waals surface area contributed by atoms with E-state index < -0.39 is 0 Å². The van der Waals surface area contributed by atoms with Crippen molar-refractivity contribution in [1.82, 2.24) is 0 Å². The average Bonchev–Trinajstić information content (AvgIpc) is 2.39. The minimum atomic E-state index is -0.0326. The highest BCUT2D eigenvalue weighted by molar-refractivity contribution is 9.10. The maximum atomic E-state index is 11.8. The molecule has 0 saturated carbocycles. The van der Waals surface area contributed by atoms with Crippen LogP contribution in [0.15, 0.2) is 57.9 Å². The fraction of sp³-hybridized carbons (Fsp3) is 0.0714. The Morgan fingerprint density at radius 3 is 2.63 bits per heavy atom. The zero-order valence-corrected chi connectivity index (χ0v) is 12.5. The van der Waals surface area contributed by atoms with E-state index in [-0.39, 0.29) is 5.91 Å². The van der Waals surface area contributed by atoms with E-state index in [9.17, 15) is 4.79 Å². The molecule has 0 aliphatic carbocycles. The summed E-state index contributed by atoms with van der Waals surface area (Å²) in [5.41, 5.74) is 7.03. The third-order valence-electron chi connectivity index (χ3n) is 2.36. The molecule has 0 heterocycles. The van der Waals surface area contributed by atoms with Gasteiger partial charge in [0.15, 0.2) is 0 Å². The van der Waals surface area contributed by atoms with Gasteiger partial charge in [-0.05, 0) is 42.5 Å². The molecule has 0 saturated heterocycles. The number of amides is 1. The molecule has 0 aromatic heterocycles. The van der Waals surface area contributed by atoms with Crippen LogP contribution < -0.4 is 11.1 Å². The quantitative estimate of drug-likeness (QED) is 0.660. The van der Waals surface area contributed by atoms with Crippen molar-refractivity contribution in [3.05, 3.63) is 53.0 Å². The number of hydrogen-bond acceptors (Lipinski definition) is 3. The number of benzene rings is 2. The fourth-order valence-corrected chi connectivity index (χ4v) is 2.77. The SMILES string of the molecule is Nc1ccc(NC(=O)CSc2cccc(Br)c2)cc1. The van der Waals surface area contributed by atoms with Gasteiger partial charge < -0.3 is 11.1 Å². The highest BCUT2D eigenvalue weighted by Gasteiger charge is 2.04. The van der Waals surface area contributed by atoms with Gasteiger partial charge in [-0.1, -0.05) is 22.0 Å². The van der Waals surface area contributed by atoms with Crippen molar-refractivity contribution in [2.24, 2.45) is 0 Å². The second kappa shape index (κ2) is 6.63. The van der Waals surface area contributed by atoms with Crippen molar-refractivity contribution < 1.29 is 4.79 Å². The lowest BCUT2D eigenvalue weighted by Crippen LogP contribution is -2.13. The van der Waals surface area contributed by atoms with E-state index in [1.54, 1.807) is 24.3 Å². The molecule has 2 rings (SSSR count). The number of carbonyl (C=O) groups is 1. The molecular weight excluding hydrogens is 324 g/mol. The van der Waals surface area contributed by atoms with Crippen molar-refractivity contribution in [3.63, 3.8) is 0 Å². The Labute approximate surface area is 124 Å². The zero-order chi connectivity index (χ0) is 13.7. The first-order chi connectivity index (χ1) is 9.13. The van der Waals surface area contributed by atoms with Gasteiger partial charge in [0.25, 0.3) is 0 Å². The molecule has 0 fully saturated rings. The van der Waals surface area contributed by atoms with Gasteiger partial charge in [-0.25, -0.2) is 0 Å². The third kappa shape index (κ3) is 4.61. The highest BCUT2D eigenvalue weighted by atomic mass is 79.9. The average molecular weight is 337 g/mol. The van der Waals surface area contributed by atoms with E-state index in [1.807, 2.05) is 24.3 Å². The number of nitrogens with one attached hydrogen (secondary N) is 1. The van der Waals surface area contributed by atoms with Gasteiger partial charge in [0.1, 0.15) is 0 Å². The van der Waals surface area contributed by atoms with Gasteiger partial charge >= 0.3 is 0 Å². The number of anilines is 2. The summed E-state index contributed by atoms with van der Waals surface area (Å²) < 4.78 is 1.01. The predicted molar refractivity (Wildman–Crippen MR) is 84.4 cm³/mol. The monoisotopic (exact) mass is 336 g/mol. The van der Waals surface area contributed by atoms with Gasteiger partial charge in [0.05, 0.1) is 5.75 Å². The Morgan fingerprint density at radius 2 is 1.95 bits per heavy atom. The van der Waals surface area contributed by atoms with Gasteiger partial charge in [0, 0.05) is 20.7 Å². The van der Waals surface area contributed by atoms with Gasteiger partial charge in [-0.2, -0.15) is 0 Å². The van der Waals surface area contributed by atoms with Crippen LogP contribution in [0.4, 0.5) is 11.4 Å². The molecule has 0 spiro atoms. The summed E-state index contributed by atoms with van der Waals surface area (Å²) in [6.07, 6.45) is 0. The standard InChI is InChI=1S/C14H13BrN2OS/c15-10-2-1-3-13(8-10)19-9-14(18)17-12-6-4-11(16)5-7-12/h1-8H,9,16H2,(H,17,18). The van der Waals surface area contributed by atoms with Crippen molar-refractivity contribution >= 4 is 45.0 Å². The molecule has 0 unspecified atom stereocenters. The van der Waals surface area contributed by atoms with Gasteiger partial charge in [0.2, 0.25) is 5.91 Å². The van der Waals surface area contributed by atoms with Crippen LogP contribution in [0, 0.1) is 0 Å². The maximum absolute atomic E-state index is 11.8. The number of nitrogen functional groups attached to an aromatic ring is 1. The van der Waals surface area contributed by atoms with Gasteiger partial charge in [-0.3, -0.25) is 4.79 Å². The molecule has 3 nitrogen and oxygen atoms in total. The number of rotatable bonds is 4. The minimum absolute atomic E-state index is 0.0326. The van der Waals surface area contributed by atoms with Crippen LogP contribution >= 0.6 is 27.7 Å². The zero-order valence-electron chi connectivity index (χ0n) is 10.1. The lowest BCUT2D eigenvalue weighted by atomic mass is 10.3. The van der Waals surface area contributed by atoms with Gasteiger partial charge in [-0.15, -0.1) is 11.8 Å². The van der Waals surface area contributed by atoms with Crippen molar-refractivity contribution in [2.75, 3.05) is 16.8 Å². The van der Waals surface area contributed by atoms with Crippen LogP contribution in [0.3, 0.4) is 0 Å². The second-order valence-electron chi connectivity index (χ2n) is 3.92. The Balaban J connectivity index is 1.86. The molecule has 19 heavy (non-hydrogen) atoms. The minimum Gasteiger partial charge on any atom is -0.399 e. The van der Waals surface area contributed by atoms with Crippen LogP contribution in [-0.2, 0) is 4.79 Å². The lowest BCUT2D eigenvalue weighted by Gasteiger charge is -2.05.